The molecule has 0 aliphatic heterocycles. The minimum Gasteiger partial charge on any atom is -0.356 e. The first kappa shape index (κ1) is 18.8. The molecule has 1 rings (SSSR count). The summed E-state index contributed by atoms with van der Waals surface area (Å²) in [6.07, 6.45) is 3.15. The largest absolute Gasteiger partial charge is 0.356 e. The van der Waals surface area contributed by atoms with E-state index in [2.05, 4.69) is 5.32 Å². The van der Waals surface area contributed by atoms with Crippen LogP contribution in [0.2, 0.25) is 5.02 Å². The summed E-state index contributed by atoms with van der Waals surface area (Å²) >= 11 is 6.05. The zero-order valence-corrected chi connectivity index (χ0v) is 14.8. The van der Waals surface area contributed by atoms with Crippen molar-refractivity contribution < 1.29 is 13.2 Å². The summed E-state index contributed by atoms with van der Waals surface area (Å²) in [4.78, 5) is 11.8. The van der Waals surface area contributed by atoms with Crippen LogP contribution in [0.4, 0.5) is 5.69 Å². The van der Waals surface area contributed by atoms with Crippen molar-refractivity contribution in [2.24, 2.45) is 0 Å². The van der Waals surface area contributed by atoms with Crippen molar-refractivity contribution in [2.75, 3.05) is 23.7 Å². The lowest BCUT2D eigenvalue weighted by Crippen LogP contribution is -2.35. The van der Waals surface area contributed by atoms with Gasteiger partial charge in [-0.15, -0.1) is 0 Å². The zero-order chi connectivity index (χ0) is 16.8. The number of nitrogens with zero attached hydrogens (tertiary/aromatic N) is 1. The Morgan fingerprint density at radius 3 is 2.64 bits per heavy atom. The number of hydrogen-bond acceptors (Lipinski definition) is 3. The SMILES string of the molecule is CCCCNC(=O)CCN(c1cccc(Cl)c1C)S(C)(=O)=O. The molecule has 0 bridgehead atoms. The Bertz CT molecular complexity index is 617. The lowest BCUT2D eigenvalue weighted by molar-refractivity contribution is -0.120. The summed E-state index contributed by atoms with van der Waals surface area (Å²) in [5.41, 5.74) is 1.19. The predicted octanol–water partition coefficient (Wildman–Crippen LogP) is 2.72. The van der Waals surface area contributed by atoms with Crippen molar-refractivity contribution in [1.29, 1.82) is 0 Å². The molecule has 0 aliphatic carbocycles. The molecule has 0 saturated carbocycles. The van der Waals surface area contributed by atoms with Gasteiger partial charge in [-0.1, -0.05) is 31.0 Å². The van der Waals surface area contributed by atoms with Crippen LogP contribution in [0, 0.1) is 6.92 Å². The first-order chi connectivity index (χ1) is 10.3. The Morgan fingerprint density at radius 1 is 1.36 bits per heavy atom. The van der Waals surface area contributed by atoms with E-state index in [0.29, 0.717) is 22.8 Å². The van der Waals surface area contributed by atoms with Crippen LogP contribution < -0.4 is 9.62 Å². The van der Waals surface area contributed by atoms with Gasteiger partial charge in [-0.05, 0) is 31.0 Å². The van der Waals surface area contributed by atoms with Crippen molar-refractivity contribution >= 4 is 33.2 Å². The van der Waals surface area contributed by atoms with Gasteiger partial charge in [0.25, 0.3) is 0 Å². The normalized spacial score (nSPS) is 11.3. The van der Waals surface area contributed by atoms with E-state index in [1.165, 1.54) is 4.31 Å². The standard InChI is InChI=1S/C15H23ClN2O3S/c1-4-5-10-17-15(19)9-11-18(22(3,20)21)14-8-6-7-13(16)12(14)2/h6-8H,4-5,9-11H2,1-3H3,(H,17,19). The van der Waals surface area contributed by atoms with Crippen molar-refractivity contribution in [3.8, 4) is 0 Å². The van der Waals surface area contributed by atoms with Crippen LogP contribution in [0.1, 0.15) is 31.7 Å². The molecule has 22 heavy (non-hydrogen) atoms. The summed E-state index contributed by atoms with van der Waals surface area (Å²) < 4.78 is 25.3. The lowest BCUT2D eigenvalue weighted by Gasteiger charge is -2.24. The smallest absolute Gasteiger partial charge is 0.232 e. The number of anilines is 1. The van der Waals surface area contributed by atoms with Gasteiger partial charge in [0.05, 0.1) is 11.9 Å². The van der Waals surface area contributed by atoms with Crippen LogP contribution in [0.15, 0.2) is 18.2 Å². The topological polar surface area (TPSA) is 66.5 Å². The Labute approximate surface area is 137 Å². The van der Waals surface area contributed by atoms with Crippen molar-refractivity contribution in [3.63, 3.8) is 0 Å². The van der Waals surface area contributed by atoms with Crippen LogP contribution in [-0.4, -0.2) is 33.7 Å². The quantitative estimate of drug-likeness (QED) is 0.736. The van der Waals surface area contributed by atoms with E-state index in [0.717, 1.165) is 19.1 Å². The van der Waals surface area contributed by atoms with Gasteiger partial charge in [-0.2, -0.15) is 0 Å². The fourth-order valence-corrected chi connectivity index (χ4v) is 3.17. The van der Waals surface area contributed by atoms with Gasteiger partial charge in [0, 0.05) is 24.5 Å². The lowest BCUT2D eigenvalue weighted by atomic mass is 10.2. The molecule has 1 N–H and O–H groups in total. The molecule has 1 amide bonds. The molecule has 0 heterocycles. The fourth-order valence-electron chi connectivity index (χ4n) is 2.03. The maximum Gasteiger partial charge on any atom is 0.232 e. The van der Waals surface area contributed by atoms with E-state index < -0.39 is 10.0 Å². The predicted molar refractivity (Wildman–Crippen MR) is 90.9 cm³/mol. The summed E-state index contributed by atoms with van der Waals surface area (Å²) in [5.74, 6) is -0.151. The van der Waals surface area contributed by atoms with Crippen LogP contribution in [0.25, 0.3) is 0 Å². The fraction of sp³-hybridized carbons (Fsp3) is 0.533. The third-order valence-corrected chi connectivity index (χ3v) is 4.89. The molecule has 124 valence electrons. The first-order valence-corrected chi connectivity index (χ1v) is 9.49. The van der Waals surface area contributed by atoms with Gasteiger partial charge in [-0.3, -0.25) is 9.10 Å². The second-order valence-corrected chi connectivity index (χ2v) is 7.49. The minimum atomic E-state index is -3.48. The number of hydrogen-bond donors (Lipinski definition) is 1. The Balaban J connectivity index is 2.84. The van der Waals surface area contributed by atoms with Gasteiger partial charge >= 0.3 is 0 Å². The molecule has 7 heteroatoms. The number of benzene rings is 1. The number of sulfonamides is 1. The second kappa shape index (κ2) is 8.39. The Morgan fingerprint density at radius 2 is 2.05 bits per heavy atom. The molecule has 0 unspecified atom stereocenters. The number of amides is 1. The van der Waals surface area contributed by atoms with Crippen LogP contribution >= 0.6 is 11.6 Å². The number of halogens is 1. The van der Waals surface area contributed by atoms with E-state index in [1.54, 1.807) is 25.1 Å². The summed E-state index contributed by atoms with van der Waals surface area (Å²) in [5, 5.41) is 3.28. The van der Waals surface area contributed by atoms with Gasteiger partial charge in [0.2, 0.25) is 15.9 Å². The van der Waals surface area contributed by atoms with Crippen molar-refractivity contribution in [3.05, 3.63) is 28.8 Å². The van der Waals surface area contributed by atoms with E-state index >= 15 is 0 Å². The number of unbranched alkanes of at least 4 members (excludes halogenated alkanes) is 1. The minimum absolute atomic E-state index is 0.0952. The summed E-state index contributed by atoms with van der Waals surface area (Å²) in [7, 11) is -3.48. The Kier molecular flexibility index (Phi) is 7.16. The molecule has 0 atom stereocenters. The van der Waals surface area contributed by atoms with Gasteiger partial charge < -0.3 is 5.32 Å². The molecule has 0 aliphatic rings. The third-order valence-electron chi connectivity index (χ3n) is 3.30. The third kappa shape index (κ3) is 5.50. The van der Waals surface area contributed by atoms with Crippen LogP contribution in [-0.2, 0) is 14.8 Å². The molecule has 5 nitrogen and oxygen atoms in total. The summed E-state index contributed by atoms with van der Waals surface area (Å²) in [6, 6.07) is 5.10. The van der Waals surface area contributed by atoms with Crippen LogP contribution in [0.3, 0.4) is 0 Å². The maximum absolute atomic E-state index is 12.0. The molecule has 0 saturated heterocycles. The highest BCUT2D eigenvalue weighted by Gasteiger charge is 2.20. The van der Waals surface area contributed by atoms with Crippen LogP contribution in [0.5, 0.6) is 0 Å². The first-order valence-electron chi connectivity index (χ1n) is 7.27. The van der Waals surface area contributed by atoms with E-state index in [1.807, 2.05) is 6.92 Å². The average molecular weight is 347 g/mol. The van der Waals surface area contributed by atoms with E-state index in [4.69, 9.17) is 11.6 Å². The molecule has 0 aromatic heterocycles. The number of carbonyl (C=O) groups is 1. The molecule has 0 fully saturated rings. The molecule has 1 aromatic rings. The highest BCUT2D eigenvalue weighted by atomic mass is 35.5. The highest BCUT2D eigenvalue weighted by molar-refractivity contribution is 7.92. The molecular formula is C15H23ClN2O3S. The van der Waals surface area contributed by atoms with Gasteiger partial charge in [0.1, 0.15) is 0 Å². The van der Waals surface area contributed by atoms with E-state index in [9.17, 15) is 13.2 Å². The highest BCUT2D eigenvalue weighted by Crippen LogP contribution is 2.28. The zero-order valence-electron chi connectivity index (χ0n) is 13.2. The second-order valence-electron chi connectivity index (χ2n) is 5.17. The molecule has 1 aromatic carbocycles. The van der Waals surface area contributed by atoms with E-state index in [-0.39, 0.29) is 18.9 Å². The van der Waals surface area contributed by atoms with Gasteiger partial charge in [0.15, 0.2) is 0 Å². The van der Waals surface area contributed by atoms with Crippen molar-refractivity contribution in [2.45, 2.75) is 33.1 Å². The number of nitrogens with one attached hydrogen (secondary N) is 1. The average Bonchev–Trinajstić information content (AvgIpc) is 2.42. The maximum atomic E-state index is 12.0. The number of carbonyl (C=O) groups excluding carboxylic acids is 1. The van der Waals surface area contributed by atoms with Gasteiger partial charge in [-0.25, -0.2) is 8.42 Å². The Hall–Kier alpha value is -1.27. The molecular weight excluding hydrogens is 324 g/mol. The number of rotatable bonds is 8. The molecule has 0 radical (unpaired) electrons. The summed E-state index contributed by atoms with van der Waals surface area (Å²) in [6.45, 7) is 4.51. The monoisotopic (exact) mass is 346 g/mol. The van der Waals surface area contributed by atoms with Crippen molar-refractivity contribution in [1.82, 2.24) is 5.32 Å². The molecule has 0 spiro atoms.